The van der Waals surface area contributed by atoms with Gasteiger partial charge < -0.3 is 4.74 Å². The van der Waals surface area contributed by atoms with E-state index in [2.05, 4.69) is 10.8 Å². The summed E-state index contributed by atoms with van der Waals surface area (Å²) in [5, 5.41) is 0. The average Bonchev–Trinajstić information content (AvgIpc) is 2.49. The van der Waals surface area contributed by atoms with Crippen molar-refractivity contribution in [3.05, 3.63) is 12.2 Å². The maximum Gasteiger partial charge on any atom is 0.512 e. The van der Waals surface area contributed by atoms with Crippen molar-refractivity contribution in [2.24, 2.45) is 17.3 Å². The summed E-state index contributed by atoms with van der Waals surface area (Å²) < 4.78 is 94.0. The van der Waals surface area contributed by atoms with Gasteiger partial charge >= 0.3 is 31.8 Å². The highest BCUT2D eigenvalue weighted by molar-refractivity contribution is 8.03. The lowest BCUT2D eigenvalue weighted by molar-refractivity contribution is -0.202. The first kappa shape index (κ1) is 22.5. The Hall–Kier alpha value is -1.18. The zero-order valence-corrected chi connectivity index (χ0v) is 17.3. The molecule has 0 aromatic carbocycles. The van der Waals surface area contributed by atoms with Crippen LogP contribution in [0.1, 0.15) is 45.4 Å². The summed E-state index contributed by atoms with van der Waals surface area (Å²) in [5.74, 6) is -0.228. The lowest BCUT2D eigenvalue weighted by atomic mass is 9.48. The molecule has 0 heterocycles. The summed E-state index contributed by atoms with van der Waals surface area (Å²) in [6.45, 7) is 4.58. The van der Waals surface area contributed by atoms with E-state index in [-0.39, 0.29) is 17.4 Å². The van der Waals surface area contributed by atoms with Gasteiger partial charge in [-0.3, -0.25) is 4.18 Å². The third kappa shape index (κ3) is 4.62. The third-order valence-electron chi connectivity index (χ3n) is 5.82. The Morgan fingerprint density at radius 2 is 1.69 bits per heavy atom. The van der Waals surface area contributed by atoms with E-state index in [0.717, 1.165) is 6.42 Å². The number of hydrogen-bond donors (Lipinski definition) is 1. The fraction of sp³-hybridized carbons (Fsp3) is 0.812. The van der Waals surface area contributed by atoms with Gasteiger partial charge in [0.05, 0.1) is 6.61 Å². The minimum Gasteiger partial charge on any atom is -0.456 e. The lowest BCUT2D eigenvalue weighted by Gasteiger charge is -2.60. The van der Waals surface area contributed by atoms with Crippen molar-refractivity contribution in [2.75, 3.05) is 6.61 Å². The van der Waals surface area contributed by atoms with E-state index < -0.39 is 49.4 Å². The van der Waals surface area contributed by atoms with Crippen molar-refractivity contribution in [1.82, 2.24) is 4.13 Å². The second-order valence-electron chi connectivity index (χ2n) is 8.56. The Bertz CT molecular complexity index is 913. The van der Waals surface area contributed by atoms with E-state index in [1.807, 2.05) is 0 Å². The maximum atomic E-state index is 12.4. The first-order valence-electron chi connectivity index (χ1n) is 8.94. The largest absolute Gasteiger partial charge is 0.512 e. The third-order valence-corrected chi connectivity index (χ3v) is 8.55. The van der Waals surface area contributed by atoms with Crippen molar-refractivity contribution < 1.29 is 43.7 Å². The molecule has 29 heavy (non-hydrogen) atoms. The van der Waals surface area contributed by atoms with E-state index in [0.29, 0.717) is 36.2 Å². The average molecular weight is 461 g/mol. The molecule has 0 aromatic heterocycles. The number of rotatable bonds is 7. The number of ether oxygens (including phenoxy) is 1. The van der Waals surface area contributed by atoms with Crippen LogP contribution in [0.5, 0.6) is 0 Å². The highest BCUT2D eigenvalue weighted by Crippen LogP contribution is 2.63. The van der Waals surface area contributed by atoms with Crippen LogP contribution in [0.25, 0.3) is 0 Å². The van der Waals surface area contributed by atoms with E-state index >= 15 is 0 Å². The lowest BCUT2D eigenvalue weighted by Crippen LogP contribution is -2.59. The van der Waals surface area contributed by atoms with Crippen LogP contribution >= 0.6 is 0 Å². The molecule has 2 atom stereocenters. The minimum atomic E-state index is -6.11. The van der Waals surface area contributed by atoms with Gasteiger partial charge in [0.2, 0.25) is 0 Å². The Balaban J connectivity index is 1.74. The molecule has 2 unspecified atom stereocenters. The van der Waals surface area contributed by atoms with Gasteiger partial charge in [0.1, 0.15) is 5.60 Å². The maximum absolute atomic E-state index is 12.4. The summed E-state index contributed by atoms with van der Waals surface area (Å²) in [6.07, 6.45) is 3.57. The molecule has 4 bridgehead atoms. The fourth-order valence-corrected chi connectivity index (χ4v) is 7.40. The molecule has 4 aliphatic rings. The monoisotopic (exact) mass is 461 g/mol. The van der Waals surface area contributed by atoms with Gasteiger partial charge in [0, 0.05) is 5.57 Å². The predicted octanol–water partition coefficient (Wildman–Crippen LogP) is 2.15. The topological polar surface area (TPSA) is 116 Å². The number of hydrogen-bond acceptors (Lipinski definition) is 7. The molecule has 0 aromatic rings. The van der Waals surface area contributed by atoms with E-state index in [1.54, 1.807) is 0 Å². The Kier molecular flexibility index (Phi) is 5.37. The van der Waals surface area contributed by atoms with Gasteiger partial charge in [0.15, 0.2) is 0 Å². The number of esters is 1. The fourth-order valence-electron chi connectivity index (χ4n) is 5.35. The van der Waals surface area contributed by atoms with Gasteiger partial charge in [-0.1, -0.05) is 10.7 Å². The van der Waals surface area contributed by atoms with Gasteiger partial charge in [-0.2, -0.15) is 21.6 Å². The van der Waals surface area contributed by atoms with Crippen molar-refractivity contribution >= 4 is 26.3 Å². The number of carbonyl (C=O) groups excluding carboxylic acids is 1. The van der Waals surface area contributed by atoms with E-state index in [9.17, 15) is 34.8 Å². The number of sulfonamides is 1. The molecular formula is C16H22F3NO7S2. The number of alkyl halides is 3. The second-order valence-corrected chi connectivity index (χ2v) is 11.8. The Morgan fingerprint density at radius 3 is 2.17 bits per heavy atom. The molecule has 0 amide bonds. The molecule has 4 rings (SSSR count). The van der Waals surface area contributed by atoms with Gasteiger partial charge in [0.25, 0.3) is 0 Å². The number of carbonyl (C=O) groups is 1. The van der Waals surface area contributed by atoms with Gasteiger partial charge in [-0.15, -0.1) is 0 Å². The quantitative estimate of drug-likeness (QED) is 0.456. The normalized spacial score (nSPS) is 34.2. The van der Waals surface area contributed by atoms with E-state index in [1.165, 1.54) is 6.92 Å². The highest BCUT2D eigenvalue weighted by Gasteiger charge is 2.60. The van der Waals surface area contributed by atoms with Crippen LogP contribution in [0.4, 0.5) is 13.2 Å². The molecule has 4 fully saturated rings. The summed E-state index contributed by atoms with van der Waals surface area (Å²) in [4.78, 5) is 12.1. The van der Waals surface area contributed by atoms with Crippen molar-refractivity contribution in [3.63, 3.8) is 0 Å². The Morgan fingerprint density at radius 1 is 1.14 bits per heavy atom. The Labute approximate surface area is 167 Å². The van der Waals surface area contributed by atoms with Crippen LogP contribution in [-0.2, 0) is 34.0 Å². The SMILES string of the molecule is C=C(C)C(=O)OC12CC3CC(CC(COS(=O)(=O)NS(=O)(=O)C(F)(F)F)(C3)C1)C2. The molecule has 166 valence electrons. The zero-order chi connectivity index (χ0) is 21.9. The van der Waals surface area contributed by atoms with Crippen LogP contribution < -0.4 is 4.13 Å². The molecule has 0 radical (unpaired) electrons. The summed E-state index contributed by atoms with van der Waals surface area (Å²) in [5.41, 5.74) is -7.07. The summed E-state index contributed by atoms with van der Waals surface area (Å²) >= 11 is 0. The predicted molar refractivity (Wildman–Crippen MR) is 93.7 cm³/mol. The molecule has 1 N–H and O–H groups in total. The van der Waals surface area contributed by atoms with Crippen molar-refractivity contribution in [3.8, 4) is 0 Å². The zero-order valence-electron chi connectivity index (χ0n) is 15.6. The van der Waals surface area contributed by atoms with Gasteiger partial charge in [-0.25, -0.2) is 13.2 Å². The molecule has 0 spiro atoms. The summed E-state index contributed by atoms with van der Waals surface area (Å²) in [6, 6.07) is 0. The molecule has 4 saturated carbocycles. The standard InChI is InChI=1S/C16H22F3NO7S2/c1-10(2)13(21)27-15-6-11-3-12(7-15)5-14(4-11,8-15)9-26-29(24,25)20-28(22,23)16(17,18)19/h11-12,20H,1,3-9H2,2H3. The molecule has 0 saturated heterocycles. The van der Waals surface area contributed by atoms with Crippen LogP contribution in [-0.4, -0.2) is 40.5 Å². The van der Waals surface area contributed by atoms with Gasteiger partial charge in [-0.05, 0) is 62.7 Å². The highest BCUT2D eigenvalue weighted by atomic mass is 32.3. The van der Waals surface area contributed by atoms with Crippen molar-refractivity contribution in [1.29, 1.82) is 0 Å². The molecule has 13 heteroatoms. The van der Waals surface area contributed by atoms with E-state index in [4.69, 9.17) is 4.74 Å². The van der Waals surface area contributed by atoms with Crippen molar-refractivity contribution in [2.45, 2.75) is 56.6 Å². The molecule has 4 aliphatic carbocycles. The number of halogens is 3. The first-order chi connectivity index (χ1) is 13.1. The van der Waals surface area contributed by atoms with Crippen LogP contribution in [0.2, 0.25) is 0 Å². The minimum absolute atomic E-state index is 0.160. The second kappa shape index (κ2) is 6.92. The molecular weight excluding hydrogens is 439 g/mol. The smallest absolute Gasteiger partial charge is 0.456 e. The first-order valence-corrected chi connectivity index (χ1v) is 11.8. The van der Waals surface area contributed by atoms with Crippen LogP contribution in [0.15, 0.2) is 12.2 Å². The molecule has 8 nitrogen and oxygen atoms in total. The number of nitrogens with one attached hydrogen (secondary N) is 1. The van der Waals surface area contributed by atoms with Crippen LogP contribution in [0.3, 0.4) is 0 Å². The van der Waals surface area contributed by atoms with Crippen LogP contribution in [0, 0.1) is 17.3 Å². The molecule has 0 aliphatic heterocycles. The summed E-state index contributed by atoms with van der Waals surface area (Å²) in [7, 11) is -11.3.